The number of hydrogen-bond donors (Lipinski definition) is 3. The topological polar surface area (TPSA) is 94.1 Å². The molecule has 2 rings (SSSR count). The van der Waals surface area contributed by atoms with Crippen LogP contribution in [0.1, 0.15) is 30.6 Å². The lowest BCUT2D eigenvalue weighted by Gasteiger charge is -2.26. The third-order valence-electron chi connectivity index (χ3n) is 4.59. The zero-order valence-electron chi connectivity index (χ0n) is 17.7. The summed E-state index contributed by atoms with van der Waals surface area (Å²) in [6.07, 6.45) is -0.795. The summed E-state index contributed by atoms with van der Waals surface area (Å²) in [6.45, 7) is 4.03. The van der Waals surface area contributed by atoms with Crippen LogP contribution in [0.2, 0.25) is 0 Å². The van der Waals surface area contributed by atoms with Gasteiger partial charge in [0.05, 0.1) is 19.0 Å². The molecule has 0 aromatic heterocycles. The largest absolute Gasteiger partial charge is 0.491 e. The highest BCUT2D eigenvalue weighted by Gasteiger charge is 2.27. The van der Waals surface area contributed by atoms with E-state index in [1.807, 2.05) is 38.1 Å². The van der Waals surface area contributed by atoms with E-state index in [1.54, 1.807) is 24.3 Å². The van der Waals surface area contributed by atoms with Gasteiger partial charge in [-0.1, -0.05) is 42.8 Å². The van der Waals surface area contributed by atoms with E-state index in [-0.39, 0.29) is 31.5 Å². The van der Waals surface area contributed by atoms with Gasteiger partial charge < -0.3 is 19.3 Å². The van der Waals surface area contributed by atoms with Gasteiger partial charge in [-0.15, -0.1) is 0 Å². The second-order valence-corrected chi connectivity index (χ2v) is 7.39. The lowest BCUT2D eigenvalue weighted by molar-refractivity contribution is -0.141. The van der Waals surface area contributed by atoms with Crippen LogP contribution < -0.4 is 10.1 Å². The SMILES string of the molecule is Cc1ccc(NC(=O)O[C@H](c2ccccc2OCCO)[C@@H](C)CCOC(=O)CS)cc1. The van der Waals surface area contributed by atoms with Crippen molar-refractivity contribution in [3.05, 3.63) is 59.7 Å². The Kier molecular flexibility index (Phi) is 10.2. The van der Waals surface area contributed by atoms with Gasteiger partial charge in [0.1, 0.15) is 18.5 Å². The number of rotatable bonds is 11. The Labute approximate surface area is 188 Å². The zero-order chi connectivity index (χ0) is 22.6. The van der Waals surface area contributed by atoms with Crippen LogP contribution in [0.3, 0.4) is 0 Å². The number of benzene rings is 2. The van der Waals surface area contributed by atoms with Gasteiger partial charge in [0.15, 0.2) is 0 Å². The van der Waals surface area contributed by atoms with Crippen LogP contribution in [0, 0.1) is 12.8 Å². The van der Waals surface area contributed by atoms with E-state index < -0.39 is 18.2 Å². The van der Waals surface area contributed by atoms with Crippen molar-refractivity contribution in [2.24, 2.45) is 5.92 Å². The normalized spacial score (nSPS) is 12.5. The van der Waals surface area contributed by atoms with E-state index in [2.05, 4.69) is 17.9 Å². The molecule has 0 bridgehead atoms. The number of ether oxygens (including phenoxy) is 3. The summed E-state index contributed by atoms with van der Waals surface area (Å²) in [5.74, 6) is -0.0680. The molecule has 31 heavy (non-hydrogen) atoms. The van der Waals surface area contributed by atoms with Gasteiger partial charge in [-0.25, -0.2) is 4.79 Å². The molecule has 2 aromatic carbocycles. The molecule has 0 fully saturated rings. The average molecular weight is 448 g/mol. The third-order valence-corrected chi connectivity index (χ3v) is 4.85. The van der Waals surface area contributed by atoms with E-state index in [4.69, 9.17) is 19.3 Å². The Hall–Kier alpha value is -2.71. The number of anilines is 1. The van der Waals surface area contributed by atoms with Crippen LogP contribution in [0.4, 0.5) is 10.5 Å². The molecule has 2 atom stereocenters. The number of esters is 1. The van der Waals surface area contributed by atoms with Gasteiger partial charge in [-0.3, -0.25) is 10.1 Å². The molecule has 0 aliphatic carbocycles. The van der Waals surface area contributed by atoms with E-state index in [0.29, 0.717) is 23.4 Å². The quantitative estimate of drug-likeness (QED) is 0.354. The van der Waals surface area contributed by atoms with Crippen molar-refractivity contribution >= 4 is 30.4 Å². The minimum absolute atomic E-state index is 0.00506. The smallest absolute Gasteiger partial charge is 0.412 e. The number of nitrogens with one attached hydrogen (secondary N) is 1. The summed E-state index contributed by atoms with van der Waals surface area (Å²) in [7, 11) is 0. The van der Waals surface area contributed by atoms with Crippen molar-refractivity contribution in [3.63, 3.8) is 0 Å². The van der Waals surface area contributed by atoms with Crippen molar-refractivity contribution in [1.29, 1.82) is 0 Å². The van der Waals surface area contributed by atoms with E-state index in [9.17, 15) is 9.59 Å². The number of thiol groups is 1. The Morgan fingerprint density at radius 2 is 1.81 bits per heavy atom. The first-order chi connectivity index (χ1) is 14.9. The van der Waals surface area contributed by atoms with Gasteiger partial charge in [0.2, 0.25) is 0 Å². The first-order valence-electron chi connectivity index (χ1n) is 10.1. The first kappa shape index (κ1) is 24.6. The fourth-order valence-electron chi connectivity index (χ4n) is 2.94. The van der Waals surface area contributed by atoms with Gasteiger partial charge in [-0.05, 0) is 31.5 Å². The molecule has 2 aromatic rings. The monoisotopic (exact) mass is 447 g/mol. The average Bonchev–Trinajstić information content (AvgIpc) is 2.77. The van der Waals surface area contributed by atoms with Crippen molar-refractivity contribution in [1.82, 2.24) is 0 Å². The number of carbonyl (C=O) groups is 2. The minimum Gasteiger partial charge on any atom is -0.491 e. The predicted octanol–water partition coefficient (Wildman–Crippen LogP) is 4.16. The summed E-state index contributed by atoms with van der Waals surface area (Å²) in [5.41, 5.74) is 2.37. The Bertz CT molecular complexity index is 842. The number of hydrogen-bond acceptors (Lipinski definition) is 7. The molecule has 0 aliphatic rings. The Balaban J connectivity index is 2.17. The van der Waals surface area contributed by atoms with Crippen molar-refractivity contribution in [2.75, 3.05) is 30.9 Å². The van der Waals surface area contributed by atoms with Crippen LogP contribution in [0.5, 0.6) is 5.75 Å². The molecule has 1 amide bonds. The molecule has 0 radical (unpaired) electrons. The molecule has 168 valence electrons. The van der Waals surface area contributed by atoms with Crippen LogP contribution >= 0.6 is 12.6 Å². The van der Waals surface area contributed by atoms with Gasteiger partial charge in [0.25, 0.3) is 0 Å². The molecular formula is C23H29NO6S. The maximum atomic E-state index is 12.6. The minimum atomic E-state index is -0.657. The second-order valence-electron chi connectivity index (χ2n) is 7.07. The Morgan fingerprint density at radius 1 is 1.10 bits per heavy atom. The summed E-state index contributed by atoms with van der Waals surface area (Å²) in [4.78, 5) is 24.0. The lowest BCUT2D eigenvalue weighted by atomic mass is 9.94. The maximum Gasteiger partial charge on any atom is 0.412 e. The highest BCUT2D eigenvalue weighted by Crippen LogP contribution is 2.35. The van der Waals surface area contributed by atoms with Gasteiger partial charge in [0, 0.05) is 17.2 Å². The summed E-state index contributed by atoms with van der Waals surface area (Å²) < 4.78 is 16.5. The van der Waals surface area contributed by atoms with E-state index in [0.717, 1.165) is 5.56 Å². The summed E-state index contributed by atoms with van der Waals surface area (Å²) >= 11 is 3.89. The number of para-hydroxylation sites is 1. The lowest BCUT2D eigenvalue weighted by Crippen LogP contribution is -2.24. The number of aliphatic hydroxyl groups is 1. The van der Waals surface area contributed by atoms with Crippen LogP contribution in [-0.4, -0.2) is 42.7 Å². The van der Waals surface area contributed by atoms with E-state index >= 15 is 0 Å². The molecule has 0 spiro atoms. The number of carbonyl (C=O) groups excluding carboxylic acids is 2. The Morgan fingerprint density at radius 3 is 2.48 bits per heavy atom. The van der Waals surface area contributed by atoms with Crippen molar-refractivity contribution in [2.45, 2.75) is 26.4 Å². The number of aryl methyl sites for hydroxylation is 1. The molecule has 0 heterocycles. The molecule has 8 heteroatoms. The van der Waals surface area contributed by atoms with Crippen LogP contribution in [-0.2, 0) is 14.3 Å². The molecule has 0 aliphatic heterocycles. The molecule has 2 N–H and O–H groups in total. The van der Waals surface area contributed by atoms with E-state index in [1.165, 1.54) is 0 Å². The highest BCUT2D eigenvalue weighted by atomic mass is 32.1. The van der Waals surface area contributed by atoms with Crippen molar-refractivity contribution in [3.8, 4) is 5.75 Å². The summed E-state index contributed by atoms with van der Waals surface area (Å²) in [5, 5.41) is 11.8. The predicted molar refractivity (Wildman–Crippen MR) is 122 cm³/mol. The molecule has 0 unspecified atom stereocenters. The fourth-order valence-corrected chi connectivity index (χ4v) is 3.04. The van der Waals surface area contributed by atoms with Crippen LogP contribution in [0.25, 0.3) is 0 Å². The number of aliphatic hydroxyl groups excluding tert-OH is 1. The fraction of sp³-hybridized carbons (Fsp3) is 0.391. The van der Waals surface area contributed by atoms with Gasteiger partial charge in [-0.2, -0.15) is 12.6 Å². The third kappa shape index (κ3) is 8.15. The van der Waals surface area contributed by atoms with Gasteiger partial charge >= 0.3 is 12.1 Å². The van der Waals surface area contributed by atoms with Crippen molar-refractivity contribution < 1.29 is 28.9 Å². The molecule has 0 saturated heterocycles. The molecule has 0 saturated carbocycles. The second kappa shape index (κ2) is 12.9. The molecular weight excluding hydrogens is 418 g/mol. The zero-order valence-corrected chi connectivity index (χ0v) is 18.6. The summed E-state index contributed by atoms with van der Waals surface area (Å²) in [6, 6.07) is 14.6. The number of amides is 1. The maximum absolute atomic E-state index is 12.6. The standard InChI is InChI=1S/C23H29NO6S/c1-16-7-9-18(10-8-16)24-23(27)30-22(17(2)11-13-29-21(26)15-31)19-5-3-4-6-20(19)28-14-12-25/h3-10,17,22,25,31H,11-15H2,1-2H3,(H,24,27)/t17-,22-/m0/s1. The first-order valence-corrected chi connectivity index (χ1v) is 10.7. The van der Waals surface area contributed by atoms with Crippen LogP contribution in [0.15, 0.2) is 48.5 Å². The highest BCUT2D eigenvalue weighted by molar-refractivity contribution is 7.81. The molecule has 7 nitrogen and oxygen atoms in total.